The van der Waals surface area contributed by atoms with Crippen LogP contribution in [0.3, 0.4) is 0 Å². The van der Waals surface area contributed by atoms with Crippen molar-refractivity contribution in [2.75, 3.05) is 18.1 Å². The molecule has 0 radical (unpaired) electrons. The molecule has 0 aliphatic carbocycles. The minimum atomic E-state index is -0.663. The van der Waals surface area contributed by atoms with Crippen molar-refractivity contribution in [2.45, 2.75) is 13.0 Å². The fourth-order valence-corrected chi connectivity index (χ4v) is 2.37. The molecule has 6 nitrogen and oxygen atoms in total. The van der Waals surface area contributed by atoms with E-state index in [2.05, 4.69) is 5.32 Å². The summed E-state index contributed by atoms with van der Waals surface area (Å²) < 4.78 is 10.5. The molecule has 1 aliphatic rings. The number of hydrogen-bond acceptors (Lipinski definition) is 4. The van der Waals surface area contributed by atoms with E-state index < -0.39 is 11.9 Å². The molecule has 114 valence electrons. The molecule has 2 heterocycles. The second-order valence-corrected chi connectivity index (χ2v) is 4.98. The van der Waals surface area contributed by atoms with Gasteiger partial charge in [0.25, 0.3) is 5.91 Å². The fraction of sp³-hybridized carbons (Fsp3) is 0.250. The van der Waals surface area contributed by atoms with Crippen LogP contribution in [0.4, 0.5) is 5.69 Å². The molecule has 3 rings (SSSR count). The molecule has 1 N–H and O–H groups in total. The highest BCUT2D eigenvalue weighted by molar-refractivity contribution is 6.02. The summed E-state index contributed by atoms with van der Waals surface area (Å²) in [6, 6.07) is 9.86. The van der Waals surface area contributed by atoms with Crippen molar-refractivity contribution >= 4 is 17.5 Å². The molecule has 22 heavy (non-hydrogen) atoms. The first-order chi connectivity index (χ1) is 10.7. The van der Waals surface area contributed by atoms with Crippen LogP contribution in [-0.4, -0.2) is 31.0 Å². The maximum Gasteiger partial charge on any atom is 0.287 e. The van der Waals surface area contributed by atoms with E-state index in [1.165, 1.54) is 6.26 Å². The van der Waals surface area contributed by atoms with Gasteiger partial charge in [-0.25, -0.2) is 0 Å². The lowest BCUT2D eigenvalue weighted by Crippen LogP contribution is -2.49. The van der Waals surface area contributed by atoms with Crippen molar-refractivity contribution in [2.24, 2.45) is 0 Å². The van der Waals surface area contributed by atoms with Crippen molar-refractivity contribution in [3.63, 3.8) is 0 Å². The molecule has 0 fully saturated rings. The molecule has 2 amide bonds. The third kappa shape index (κ3) is 2.67. The van der Waals surface area contributed by atoms with Gasteiger partial charge in [0.1, 0.15) is 18.4 Å². The zero-order valence-electron chi connectivity index (χ0n) is 12.1. The zero-order valence-corrected chi connectivity index (χ0v) is 12.1. The minimum absolute atomic E-state index is 0.182. The molecule has 0 bridgehead atoms. The number of para-hydroxylation sites is 2. The van der Waals surface area contributed by atoms with Crippen LogP contribution in [-0.2, 0) is 4.79 Å². The molecule has 0 saturated carbocycles. The number of hydrogen-bond donors (Lipinski definition) is 1. The number of anilines is 1. The second kappa shape index (κ2) is 5.93. The standard InChI is InChI=1S/C16H16N2O4/c1-11(17-15(19)14-7-4-9-21-14)16(20)18-8-10-22-13-6-3-2-5-12(13)18/h2-7,9,11H,8,10H2,1H3,(H,17,19). The smallest absolute Gasteiger partial charge is 0.287 e. The molecule has 1 atom stereocenters. The summed E-state index contributed by atoms with van der Waals surface area (Å²) in [5, 5.41) is 2.65. The number of carbonyl (C=O) groups excluding carboxylic acids is 2. The Balaban J connectivity index is 1.73. The van der Waals surface area contributed by atoms with Crippen LogP contribution in [0.1, 0.15) is 17.5 Å². The van der Waals surface area contributed by atoms with Crippen molar-refractivity contribution < 1.29 is 18.7 Å². The van der Waals surface area contributed by atoms with Gasteiger partial charge in [-0.15, -0.1) is 0 Å². The Morgan fingerprint density at radius 2 is 2.05 bits per heavy atom. The van der Waals surface area contributed by atoms with Gasteiger partial charge in [0.15, 0.2) is 5.76 Å². The van der Waals surface area contributed by atoms with Gasteiger partial charge < -0.3 is 19.4 Å². The van der Waals surface area contributed by atoms with Crippen LogP contribution in [0, 0.1) is 0 Å². The SMILES string of the molecule is CC(NC(=O)c1ccco1)C(=O)N1CCOc2ccccc21. The van der Waals surface area contributed by atoms with Crippen LogP contribution >= 0.6 is 0 Å². The number of fused-ring (bicyclic) bond motifs is 1. The molecule has 1 aromatic carbocycles. The summed E-state index contributed by atoms with van der Waals surface area (Å²) in [7, 11) is 0. The zero-order chi connectivity index (χ0) is 15.5. The Morgan fingerprint density at radius 1 is 1.23 bits per heavy atom. The van der Waals surface area contributed by atoms with Gasteiger partial charge in [0.2, 0.25) is 5.91 Å². The van der Waals surface area contributed by atoms with Crippen molar-refractivity contribution in [1.29, 1.82) is 0 Å². The Morgan fingerprint density at radius 3 is 2.82 bits per heavy atom. The molecular formula is C16H16N2O4. The maximum absolute atomic E-state index is 12.6. The number of benzene rings is 1. The highest BCUT2D eigenvalue weighted by Gasteiger charge is 2.28. The second-order valence-electron chi connectivity index (χ2n) is 4.98. The van der Waals surface area contributed by atoms with Crippen LogP contribution in [0.5, 0.6) is 5.75 Å². The fourth-order valence-electron chi connectivity index (χ4n) is 2.37. The number of carbonyl (C=O) groups is 2. The Hall–Kier alpha value is -2.76. The molecular weight excluding hydrogens is 284 g/mol. The lowest BCUT2D eigenvalue weighted by atomic mass is 10.2. The predicted octanol–water partition coefficient (Wildman–Crippen LogP) is 1.82. The summed E-state index contributed by atoms with van der Waals surface area (Å²) in [6.07, 6.45) is 1.42. The van der Waals surface area contributed by atoms with Gasteiger partial charge in [-0.2, -0.15) is 0 Å². The van der Waals surface area contributed by atoms with Gasteiger partial charge >= 0.3 is 0 Å². The van der Waals surface area contributed by atoms with Gasteiger partial charge in [-0.05, 0) is 31.2 Å². The first-order valence-electron chi connectivity index (χ1n) is 7.04. The molecule has 2 aromatic rings. The summed E-state index contributed by atoms with van der Waals surface area (Å²) in [6.45, 7) is 2.54. The summed E-state index contributed by atoms with van der Waals surface area (Å²) in [4.78, 5) is 26.2. The van der Waals surface area contributed by atoms with E-state index in [1.807, 2.05) is 24.3 Å². The molecule has 0 spiro atoms. The van der Waals surface area contributed by atoms with E-state index in [4.69, 9.17) is 9.15 Å². The van der Waals surface area contributed by atoms with Crippen LogP contribution in [0.2, 0.25) is 0 Å². The molecule has 1 unspecified atom stereocenters. The van der Waals surface area contributed by atoms with Crippen molar-refractivity contribution in [3.05, 3.63) is 48.4 Å². The van der Waals surface area contributed by atoms with Gasteiger partial charge in [-0.3, -0.25) is 9.59 Å². The topological polar surface area (TPSA) is 71.8 Å². The maximum atomic E-state index is 12.6. The minimum Gasteiger partial charge on any atom is -0.490 e. The molecule has 6 heteroatoms. The average Bonchev–Trinajstić information content (AvgIpc) is 3.08. The normalized spacial score (nSPS) is 14.7. The third-order valence-corrected chi connectivity index (χ3v) is 3.46. The largest absolute Gasteiger partial charge is 0.490 e. The van der Waals surface area contributed by atoms with Crippen molar-refractivity contribution in [1.82, 2.24) is 5.32 Å². The van der Waals surface area contributed by atoms with Gasteiger partial charge in [-0.1, -0.05) is 12.1 Å². The Labute approximate surface area is 127 Å². The summed E-state index contributed by atoms with van der Waals surface area (Å²) in [5.74, 6) is 0.261. The van der Waals surface area contributed by atoms with E-state index in [9.17, 15) is 9.59 Å². The third-order valence-electron chi connectivity index (χ3n) is 3.46. The van der Waals surface area contributed by atoms with E-state index in [0.29, 0.717) is 18.9 Å². The van der Waals surface area contributed by atoms with E-state index >= 15 is 0 Å². The number of nitrogens with zero attached hydrogens (tertiary/aromatic N) is 1. The Kier molecular flexibility index (Phi) is 3.82. The van der Waals surface area contributed by atoms with Crippen molar-refractivity contribution in [3.8, 4) is 5.75 Å². The molecule has 1 aromatic heterocycles. The quantitative estimate of drug-likeness (QED) is 0.938. The van der Waals surface area contributed by atoms with Gasteiger partial charge in [0.05, 0.1) is 18.5 Å². The summed E-state index contributed by atoms with van der Waals surface area (Å²) >= 11 is 0. The van der Waals surface area contributed by atoms with E-state index in [0.717, 1.165) is 5.69 Å². The average molecular weight is 300 g/mol. The molecule has 0 saturated heterocycles. The first-order valence-corrected chi connectivity index (χ1v) is 7.04. The lowest BCUT2D eigenvalue weighted by Gasteiger charge is -2.31. The summed E-state index contributed by atoms with van der Waals surface area (Å²) in [5.41, 5.74) is 0.720. The van der Waals surface area contributed by atoms with Crippen LogP contribution in [0.25, 0.3) is 0 Å². The van der Waals surface area contributed by atoms with Crippen LogP contribution < -0.4 is 15.0 Å². The lowest BCUT2D eigenvalue weighted by molar-refractivity contribution is -0.120. The number of furan rings is 1. The predicted molar refractivity (Wildman–Crippen MR) is 79.9 cm³/mol. The highest BCUT2D eigenvalue weighted by atomic mass is 16.5. The van der Waals surface area contributed by atoms with Crippen LogP contribution in [0.15, 0.2) is 47.1 Å². The number of amides is 2. The van der Waals surface area contributed by atoms with E-state index in [1.54, 1.807) is 24.0 Å². The highest BCUT2D eigenvalue weighted by Crippen LogP contribution is 2.31. The van der Waals surface area contributed by atoms with Gasteiger partial charge in [0, 0.05) is 0 Å². The molecule has 1 aliphatic heterocycles. The monoisotopic (exact) mass is 300 g/mol. The first kappa shape index (κ1) is 14.2. The number of ether oxygens (including phenoxy) is 1. The Bertz CT molecular complexity index is 681. The van der Waals surface area contributed by atoms with E-state index in [-0.39, 0.29) is 11.7 Å². The number of nitrogens with one attached hydrogen (secondary N) is 1. The number of rotatable bonds is 3.